The van der Waals surface area contributed by atoms with Crippen LogP contribution in [0.25, 0.3) is 0 Å². The summed E-state index contributed by atoms with van der Waals surface area (Å²) >= 11 is 0. The Bertz CT molecular complexity index is 599. The number of hydrogen-bond acceptors (Lipinski definition) is 4. The number of pyridine rings is 1. The van der Waals surface area contributed by atoms with Crippen molar-refractivity contribution in [2.45, 2.75) is 26.4 Å². The highest BCUT2D eigenvalue weighted by molar-refractivity contribution is 5.42. The molecule has 0 bridgehead atoms. The molecule has 0 amide bonds. The van der Waals surface area contributed by atoms with Crippen LogP contribution in [0, 0.1) is 6.92 Å². The Hall–Kier alpha value is -2.07. The number of methoxy groups -OCH3 is 2. The Morgan fingerprint density at radius 1 is 1.19 bits per heavy atom. The van der Waals surface area contributed by atoms with Crippen LogP contribution in [0.1, 0.15) is 29.8 Å². The molecule has 0 radical (unpaired) electrons. The normalized spacial score (nSPS) is 12.0. The Kier molecular flexibility index (Phi) is 5.17. The summed E-state index contributed by atoms with van der Waals surface area (Å²) < 4.78 is 10.7. The van der Waals surface area contributed by atoms with E-state index in [-0.39, 0.29) is 6.04 Å². The average Bonchev–Trinajstić information content (AvgIpc) is 2.53. The van der Waals surface area contributed by atoms with Crippen molar-refractivity contribution < 1.29 is 9.47 Å². The topological polar surface area (TPSA) is 43.4 Å². The van der Waals surface area contributed by atoms with E-state index >= 15 is 0 Å². The van der Waals surface area contributed by atoms with E-state index in [1.165, 1.54) is 5.56 Å². The second-order valence-corrected chi connectivity index (χ2v) is 4.98. The van der Waals surface area contributed by atoms with Crippen LogP contribution in [-0.4, -0.2) is 19.2 Å². The summed E-state index contributed by atoms with van der Waals surface area (Å²) in [6, 6.07) is 10.1. The van der Waals surface area contributed by atoms with Gasteiger partial charge in [-0.1, -0.05) is 12.1 Å². The molecule has 4 heteroatoms. The van der Waals surface area contributed by atoms with Crippen molar-refractivity contribution in [3.8, 4) is 11.5 Å². The molecule has 0 saturated heterocycles. The lowest BCUT2D eigenvalue weighted by molar-refractivity contribution is 0.385. The maximum atomic E-state index is 5.45. The summed E-state index contributed by atoms with van der Waals surface area (Å²) in [6.45, 7) is 4.91. The lowest BCUT2D eigenvalue weighted by Crippen LogP contribution is -2.20. The number of aryl methyl sites for hydroxylation is 1. The molecule has 21 heavy (non-hydrogen) atoms. The zero-order chi connectivity index (χ0) is 15.2. The molecule has 0 aliphatic heterocycles. The smallest absolute Gasteiger partial charge is 0.127 e. The number of aromatic nitrogens is 1. The Morgan fingerprint density at radius 3 is 2.67 bits per heavy atom. The number of rotatable bonds is 6. The van der Waals surface area contributed by atoms with Crippen molar-refractivity contribution in [2.24, 2.45) is 0 Å². The molecule has 2 aromatic rings. The summed E-state index contributed by atoms with van der Waals surface area (Å²) in [6.07, 6.45) is 1.82. The van der Waals surface area contributed by atoms with E-state index in [9.17, 15) is 0 Å². The van der Waals surface area contributed by atoms with Crippen molar-refractivity contribution in [3.05, 3.63) is 53.3 Å². The van der Waals surface area contributed by atoms with Gasteiger partial charge >= 0.3 is 0 Å². The van der Waals surface area contributed by atoms with Crippen LogP contribution in [0.3, 0.4) is 0 Å². The zero-order valence-electron chi connectivity index (χ0n) is 13.0. The van der Waals surface area contributed by atoms with E-state index in [1.807, 2.05) is 30.5 Å². The first-order valence-electron chi connectivity index (χ1n) is 7.01. The van der Waals surface area contributed by atoms with Gasteiger partial charge in [-0.2, -0.15) is 0 Å². The fourth-order valence-corrected chi connectivity index (χ4v) is 2.24. The second kappa shape index (κ2) is 7.09. The van der Waals surface area contributed by atoms with Crippen LogP contribution in [0.5, 0.6) is 11.5 Å². The molecule has 1 atom stereocenters. The highest BCUT2D eigenvalue weighted by Crippen LogP contribution is 2.29. The number of benzene rings is 1. The Labute approximate surface area is 126 Å². The van der Waals surface area contributed by atoms with E-state index in [2.05, 4.69) is 30.2 Å². The number of nitrogens with zero attached hydrogens (tertiary/aromatic N) is 1. The molecule has 1 aromatic heterocycles. The minimum absolute atomic E-state index is 0.160. The zero-order valence-corrected chi connectivity index (χ0v) is 13.0. The van der Waals surface area contributed by atoms with Crippen molar-refractivity contribution in [2.75, 3.05) is 14.2 Å². The molecule has 1 heterocycles. The highest BCUT2D eigenvalue weighted by atomic mass is 16.5. The molecule has 0 aliphatic carbocycles. The van der Waals surface area contributed by atoms with Crippen molar-refractivity contribution >= 4 is 0 Å². The molecule has 4 nitrogen and oxygen atoms in total. The SMILES string of the molecule is COc1ccc(C(C)NCc2ncccc2C)c(OC)c1. The first kappa shape index (κ1) is 15.3. The fourth-order valence-electron chi connectivity index (χ4n) is 2.24. The Morgan fingerprint density at radius 2 is 2.00 bits per heavy atom. The third-order valence-corrected chi connectivity index (χ3v) is 3.60. The van der Waals surface area contributed by atoms with Crippen molar-refractivity contribution in [3.63, 3.8) is 0 Å². The maximum absolute atomic E-state index is 5.45. The second-order valence-electron chi connectivity index (χ2n) is 4.98. The summed E-state index contributed by atoms with van der Waals surface area (Å²) in [5.41, 5.74) is 3.36. The molecule has 1 aromatic carbocycles. The fraction of sp³-hybridized carbons (Fsp3) is 0.353. The predicted molar refractivity (Wildman–Crippen MR) is 83.8 cm³/mol. The van der Waals surface area contributed by atoms with E-state index in [0.29, 0.717) is 0 Å². The van der Waals surface area contributed by atoms with Gasteiger partial charge < -0.3 is 14.8 Å². The van der Waals surface area contributed by atoms with Crippen LogP contribution in [0.2, 0.25) is 0 Å². The van der Waals surface area contributed by atoms with E-state index < -0.39 is 0 Å². The first-order valence-corrected chi connectivity index (χ1v) is 7.01. The third kappa shape index (κ3) is 3.73. The highest BCUT2D eigenvalue weighted by Gasteiger charge is 2.12. The summed E-state index contributed by atoms with van der Waals surface area (Å²) in [4.78, 5) is 4.40. The lowest BCUT2D eigenvalue weighted by Gasteiger charge is -2.18. The minimum Gasteiger partial charge on any atom is -0.497 e. The molecule has 0 aliphatic rings. The summed E-state index contributed by atoms with van der Waals surface area (Å²) in [5, 5.41) is 3.48. The van der Waals surface area contributed by atoms with Gasteiger partial charge in [0.1, 0.15) is 11.5 Å². The first-order chi connectivity index (χ1) is 10.2. The Balaban J connectivity index is 2.10. The van der Waals surface area contributed by atoms with Crippen LogP contribution < -0.4 is 14.8 Å². The van der Waals surface area contributed by atoms with Gasteiger partial charge in [-0.3, -0.25) is 4.98 Å². The van der Waals surface area contributed by atoms with Crippen LogP contribution >= 0.6 is 0 Å². The predicted octanol–water partition coefficient (Wildman–Crippen LogP) is 3.26. The van der Waals surface area contributed by atoms with Gasteiger partial charge in [-0.05, 0) is 31.5 Å². The third-order valence-electron chi connectivity index (χ3n) is 3.60. The molecule has 0 fully saturated rings. The van der Waals surface area contributed by atoms with Gasteiger partial charge in [0.15, 0.2) is 0 Å². The van der Waals surface area contributed by atoms with Gasteiger partial charge in [0.2, 0.25) is 0 Å². The molecule has 0 spiro atoms. The summed E-state index contributed by atoms with van der Waals surface area (Å²) in [5.74, 6) is 1.62. The largest absolute Gasteiger partial charge is 0.497 e. The molecular formula is C17H22N2O2. The molecular weight excluding hydrogens is 264 g/mol. The van der Waals surface area contributed by atoms with Gasteiger partial charge in [0.05, 0.1) is 19.9 Å². The van der Waals surface area contributed by atoms with Gasteiger partial charge in [-0.15, -0.1) is 0 Å². The number of ether oxygens (including phenoxy) is 2. The monoisotopic (exact) mass is 286 g/mol. The van der Waals surface area contributed by atoms with Gasteiger partial charge in [-0.25, -0.2) is 0 Å². The lowest BCUT2D eigenvalue weighted by atomic mass is 10.1. The standard InChI is InChI=1S/C17H22N2O2/c1-12-6-5-9-18-16(12)11-19-13(2)15-8-7-14(20-3)10-17(15)21-4/h5-10,13,19H,11H2,1-4H3. The van der Waals surface area contributed by atoms with Gasteiger partial charge in [0.25, 0.3) is 0 Å². The molecule has 112 valence electrons. The molecule has 2 rings (SSSR count). The van der Waals surface area contributed by atoms with Crippen LogP contribution in [-0.2, 0) is 6.54 Å². The molecule has 1 N–H and O–H groups in total. The van der Waals surface area contributed by atoms with E-state index in [0.717, 1.165) is 29.3 Å². The minimum atomic E-state index is 0.160. The van der Waals surface area contributed by atoms with Crippen LogP contribution in [0.15, 0.2) is 36.5 Å². The average molecular weight is 286 g/mol. The maximum Gasteiger partial charge on any atom is 0.127 e. The van der Waals surface area contributed by atoms with Crippen LogP contribution in [0.4, 0.5) is 0 Å². The molecule has 1 unspecified atom stereocenters. The number of hydrogen-bond donors (Lipinski definition) is 1. The van der Waals surface area contributed by atoms with E-state index in [4.69, 9.17) is 9.47 Å². The van der Waals surface area contributed by atoms with E-state index in [1.54, 1.807) is 14.2 Å². The summed E-state index contributed by atoms with van der Waals surface area (Å²) in [7, 11) is 3.33. The quantitative estimate of drug-likeness (QED) is 0.885. The van der Waals surface area contributed by atoms with Crippen molar-refractivity contribution in [1.82, 2.24) is 10.3 Å². The number of nitrogens with one attached hydrogen (secondary N) is 1. The van der Waals surface area contributed by atoms with Crippen molar-refractivity contribution in [1.29, 1.82) is 0 Å². The van der Waals surface area contributed by atoms with Gasteiger partial charge in [0, 0.05) is 30.4 Å². The molecule has 0 saturated carbocycles.